The van der Waals surface area contributed by atoms with Crippen LogP contribution in [0.25, 0.3) is 55.8 Å². The van der Waals surface area contributed by atoms with Crippen LogP contribution in [0.5, 0.6) is 0 Å². The molecule has 0 saturated carbocycles. The average Bonchev–Trinajstić information content (AvgIpc) is 3.12. The highest BCUT2D eigenvalue weighted by molar-refractivity contribution is 5.97. The van der Waals surface area contributed by atoms with Crippen LogP contribution in [0.15, 0.2) is 121 Å². The topological polar surface area (TPSA) is 12.9 Å². The molecular weight excluding hydrogens is 717 g/mol. The van der Waals surface area contributed by atoms with E-state index < -0.39 is 28.9 Å². The smallest absolute Gasteiger partial charge is 0.256 e. The molecule has 1 aromatic heterocycles. The number of benzene rings is 5. The number of nitrogens with zero attached hydrogens (tertiary/aromatic N) is 1. The lowest BCUT2D eigenvalue weighted by atomic mass is 9.78. The number of hydrogen-bond acceptors (Lipinski definition) is 1. The Labute approximate surface area is 326 Å². The van der Waals surface area contributed by atoms with Gasteiger partial charge in [0, 0.05) is 17.3 Å². The minimum atomic E-state index is -4.71. The van der Waals surface area contributed by atoms with Gasteiger partial charge in [0.15, 0.2) is 0 Å². The summed E-state index contributed by atoms with van der Waals surface area (Å²) in [6, 6.07) is 31.6. The molecule has 1 heterocycles. The molecule has 0 saturated heterocycles. The second kappa shape index (κ2) is 14.4. The molecule has 0 fully saturated rings. The van der Waals surface area contributed by atoms with Crippen LogP contribution in [-0.2, 0) is 28.6 Å². The highest BCUT2D eigenvalue weighted by atomic mass is 19.4. The molecule has 0 radical (unpaired) electrons. The van der Waals surface area contributed by atoms with Gasteiger partial charge in [-0.25, -0.2) is 0 Å². The third kappa shape index (κ3) is 8.47. The first-order valence-electron chi connectivity index (χ1n) is 18.7. The largest absolute Gasteiger partial charge is 0.417 e. The maximum Gasteiger partial charge on any atom is 0.417 e. The van der Waals surface area contributed by atoms with Crippen molar-refractivity contribution < 1.29 is 26.3 Å². The van der Waals surface area contributed by atoms with Crippen LogP contribution >= 0.6 is 0 Å². The van der Waals surface area contributed by atoms with Crippen LogP contribution in [-0.4, -0.2) is 4.98 Å². The van der Waals surface area contributed by atoms with Crippen LogP contribution in [0.2, 0.25) is 0 Å². The quantitative estimate of drug-likeness (QED) is 0.159. The zero-order valence-electron chi connectivity index (χ0n) is 33.3. The predicted molar refractivity (Wildman–Crippen MR) is 218 cm³/mol. The van der Waals surface area contributed by atoms with Gasteiger partial charge in [0.05, 0.1) is 16.8 Å². The minimum absolute atomic E-state index is 0.0614. The third-order valence-electron chi connectivity index (χ3n) is 10.3. The molecule has 0 amide bonds. The molecule has 290 valence electrons. The summed E-state index contributed by atoms with van der Waals surface area (Å²) in [7, 11) is 0. The van der Waals surface area contributed by atoms with Crippen LogP contribution < -0.4 is 0 Å². The summed E-state index contributed by atoms with van der Waals surface area (Å²) in [4.78, 5) is 4.84. The van der Waals surface area contributed by atoms with Crippen molar-refractivity contribution in [2.45, 2.75) is 90.9 Å². The average molecular weight is 764 g/mol. The summed E-state index contributed by atoms with van der Waals surface area (Å²) in [5.41, 5.74) is 4.95. The maximum atomic E-state index is 14.6. The van der Waals surface area contributed by atoms with E-state index in [9.17, 15) is 26.3 Å². The van der Waals surface area contributed by atoms with E-state index >= 15 is 0 Å². The van der Waals surface area contributed by atoms with E-state index in [1.54, 1.807) is 30.5 Å². The number of rotatable bonds is 5. The van der Waals surface area contributed by atoms with E-state index in [1.807, 2.05) is 45.0 Å². The molecule has 1 nitrogen and oxygen atoms in total. The van der Waals surface area contributed by atoms with E-state index in [1.165, 1.54) is 47.5 Å². The standard InChI is InChI=1S/C49H47F6N/c1-45(2,3)34-24-33(25-35(26-34)46(4,5)6)43-23-22-32(29-56-43)30-18-20-31(21-19-30)44-39(37-14-10-12-16-41(37)48(50,51)52)27-36(47(7,8)9)28-40(44)38-15-11-13-17-42(38)49(53,54)55/h10-29H,1-9H3. The molecule has 56 heavy (non-hydrogen) atoms. The highest BCUT2D eigenvalue weighted by Gasteiger charge is 2.37. The summed E-state index contributed by atoms with van der Waals surface area (Å²) in [6.07, 6.45) is -7.62. The zero-order valence-corrected chi connectivity index (χ0v) is 33.3. The predicted octanol–water partition coefficient (Wildman–Crippen LogP) is 15.3. The number of pyridine rings is 1. The Hall–Kier alpha value is -5.17. The Morgan fingerprint density at radius 3 is 1.16 bits per heavy atom. The lowest BCUT2D eigenvalue weighted by molar-refractivity contribution is -0.137. The molecule has 6 rings (SSSR count). The van der Waals surface area contributed by atoms with Crippen molar-refractivity contribution in [3.63, 3.8) is 0 Å². The van der Waals surface area contributed by atoms with Gasteiger partial charge in [0.25, 0.3) is 0 Å². The van der Waals surface area contributed by atoms with E-state index in [4.69, 9.17) is 4.98 Å². The van der Waals surface area contributed by atoms with Crippen molar-refractivity contribution in [3.8, 4) is 55.8 Å². The molecule has 0 bridgehead atoms. The second-order valence-electron chi connectivity index (χ2n) is 17.6. The molecule has 5 aromatic carbocycles. The van der Waals surface area contributed by atoms with Crippen molar-refractivity contribution >= 4 is 0 Å². The molecule has 0 aliphatic heterocycles. The fourth-order valence-electron chi connectivity index (χ4n) is 6.95. The van der Waals surface area contributed by atoms with Crippen LogP contribution in [0.3, 0.4) is 0 Å². The van der Waals surface area contributed by atoms with Gasteiger partial charge < -0.3 is 0 Å². The van der Waals surface area contributed by atoms with Gasteiger partial charge in [-0.2, -0.15) is 26.3 Å². The molecular formula is C49H47F6N. The molecule has 0 aliphatic carbocycles. The first kappa shape index (κ1) is 40.5. The highest BCUT2D eigenvalue weighted by Crippen LogP contribution is 2.49. The SMILES string of the molecule is CC(C)(C)c1cc(-c2ccc(-c3ccc(-c4c(-c5ccccc5C(F)(F)F)cc(C(C)(C)C)cc4-c4ccccc4C(F)(F)F)cc3)cn2)cc(C(C)(C)C)c1. The normalized spacial score (nSPS) is 12.9. The van der Waals surface area contributed by atoms with Gasteiger partial charge in [-0.3, -0.25) is 4.98 Å². The van der Waals surface area contributed by atoms with E-state index in [-0.39, 0.29) is 38.6 Å². The first-order valence-corrected chi connectivity index (χ1v) is 18.7. The number of aromatic nitrogens is 1. The second-order valence-corrected chi connectivity index (χ2v) is 17.6. The van der Waals surface area contributed by atoms with Crippen molar-refractivity contribution in [1.29, 1.82) is 0 Å². The Bertz CT molecular complexity index is 2250. The van der Waals surface area contributed by atoms with Gasteiger partial charge >= 0.3 is 12.4 Å². The van der Waals surface area contributed by atoms with Gasteiger partial charge in [-0.05, 0) is 114 Å². The molecule has 0 atom stereocenters. The maximum absolute atomic E-state index is 14.6. The molecule has 0 spiro atoms. The van der Waals surface area contributed by atoms with Gasteiger partial charge in [0.1, 0.15) is 0 Å². The van der Waals surface area contributed by atoms with Gasteiger partial charge in [-0.15, -0.1) is 0 Å². The lowest BCUT2D eigenvalue weighted by Crippen LogP contribution is -2.16. The van der Waals surface area contributed by atoms with E-state index in [2.05, 4.69) is 59.7 Å². The number of hydrogen-bond donors (Lipinski definition) is 0. The van der Waals surface area contributed by atoms with Crippen molar-refractivity contribution in [2.75, 3.05) is 0 Å². The summed E-state index contributed by atoms with van der Waals surface area (Å²) in [6.45, 7) is 18.8. The van der Waals surface area contributed by atoms with Crippen molar-refractivity contribution in [3.05, 3.63) is 149 Å². The minimum Gasteiger partial charge on any atom is -0.256 e. The van der Waals surface area contributed by atoms with Crippen LogP contribution in [0.4, 0.5) is 26.3 Å². The summed E-state index contributed by atoms with van der Waals surface area (Å²) in [5.74, 6) is 0. The number of halogens is 6. The van der Waals surface area contributed by atoms with Crippen LogP contribution in [0.1, 0.15) is 90.1 Å². The van der Waals surface area contributed by atoms with Crippen molar-refractivity contribution in [2.24, 2.45) is 0 Å². The fourth-order valence-corrected chi connectivity index (χ4v) is 6.95. The Morgan fingerprint density at radius 1 is 0.375 bits per heavy atom. The Balaban J connectivity index is 1.53. The molecule has 0 N–H and O–H groups in total. The Morgan fingerprint density at radius 2 is 0.768 bits per heavy atom. The monoisotopic (exact) mass is 763 g/mol. The molecule has 7 heteroatoms. The van der Waals surface area contributed by atoms with Gasteiger partial charge in [-0.1, -0.05) is 135 Å². The summed E-state index contributed by atoms with van der Waals surface area (Å²) < 4.78 is 87.7. The van der Waals surface area contributed by atoms with Crippen LogP contribution in [0, 0.1) is 0 Å². The fraction of sp³-hybridized carbons (Fsp3) is 0.286. The van der Waals surface area contributed by atoms with Gasteiger partial charge in [0.2, 0.25) is 0 Å². The number of alkyl halides is 6. The lowest BCUT2D eigenvalue weighted by Gasteiger charge is -2.27. The van der Waals surface area contributed by atoms with E-state index in [0.29, 0.717) is 11.1 Å². The molecule has 0 aliphatic rings. The Kier molecular flexibility index (Phi) is 10.4. The summed E-state index contributed by atoms with van der Waals surface area (Å²) >= 11 is 0. The summed E-state index contributed by atoms with van der Waals surface area (Å²) in [5, 5.41) is 0. The zero-order chi connectivity index (χ0) is 41.0. The third-order valence-corrected chi connectivity index (χ3v) is 10.3. The van der Waals surface area contributed by atoms with E-state index in [0.717, 1.165) is 34.5 Å². The molecule has 0 unspecified atom stereocenters. The molecule has 6 aromatic rings. The van der Waals surface area contributed by atoms with Crippen molar-refractivity contribution in [1.82, 2.24) is 4.98 Å². The first-order chi connectivity index (χ1) is 25.9.